The normalized spacial score (nSPS) is 15.4. The van der Waals surface area contributed by atoms with Gasteiger partial charge in [-0.05, 0) is 54.3 Å². The van der Waals surface area contributed by atoms with Gasteiger partial charge in [-0.1, -0.05) is 24.3 Å². The number of halogens is 1. The van der Waals surface area contributed by atoms with E-state index in [4.69, 9.17) is 4.74 Å². The Morgan fingerprint density at radius 2 is 2.09 bits per heavy atom. The predicted octanol–water partition coefficient (Wildman–Crippen LogP) is 4.19. The van der Waals surface area contributed by atoms with Gasteiger partial charge in [0, 0.05) is 12.5 Å². The van der Waals surface area contributed by atoms with Crippen LogP contribution in [0.1, 0.15) is 25.3 Å². The number of aromatic amines is 1. The first-order chi connectivity index (χ1) is 16.5. The molecule has 1 atom stereocenters. The molecule has 10 heteroatoms. The van der Waals surface area contributed by atoms with Crippen molar-refractivity contribution in [1.82, 2.24) is 20.7 Å². The number of benzene rings is 2. The smallest absolute Gasteiger partial charge is 0.414 e. The molecule has 0 radical (unpaired) electrons. The number of carbonyl (C=O) groups excluding carboxylic acids is 2. The van der Waals surface area contributed by atoms with Crippen molar-refractivity contribution in [3.8, 4) is 11.1 Å². The summed E-state index contributed by atoms with van der Waals surface area (Å²) in [6, 6.07) is 12.6. The highest BCUT2D eigenvalue weighted by Crippen LogP contribution is 2.29. The van der Waals surface area contributed by atoms with Gasteiger partial charge in [-0.15, -0.1) is 16.9 Å². The van der Waals surface area contributed by atoms with Crippen LogP contribution in [0.4, 0.5) is 14.9 Å². The molecule has 0 saturated carbocycles. The third kappa shape index (κ3) is 6.13. The molecule has 0 bridgehead atoms. The highest BCUT2D eigenvalue weighted by Gasteiger charge is 2.32. The van der Waals surface area contributed by atoms with Gasteiger partial charge in [0.25, 0.3) is 0 Å². The lowest BCUT2D eigenvalue weighted by Crippen LogP contribution is -2.33. The maximum Gasteiger partial charge on any atom is 0.414 e. The van der Waals surface area contributed by atoms with Crippen molar-refractivity contribution >= 4 is 29.4 Å². The average Bonchev–Trinajstić information content (AvgIpc) is 3.47. The van der Waals surface area contributed by atoms with E-state index in [0.717, 1.165) is 35.6 Å². The maximum absolute atomic E-state index is 14.9. The number of aromatic nitrogens is 3. The highest BCUT2D eigenvalue weighted by atomic mass is 32.2. The van der Waals surface area contributed by atoms with Gasteiger partial charge < -0.3 is 10.1 Å². The molecule has 2 heterocycles. The van der Waals surface area contributed by atoms with Crippen LogP contribution < -0.4 is 10.2 Å². The summed E-state index contributed by atoms with van der Waals surface area (Å²) < 4.78 is 20.2. The van der Waals surface area contributed by atoms with Gasteiger partial charge in [-0.2, -0.15) is 10.3 Å². The van der Waals surface area contributed by atoms with Crippen LogP contribution >= 0.6 is 11.8 Å². The quantitative estimate of drug-likeness (QED) is 0.331. The first-order valence-electron chi connectivity index (χ1n) is 11.1. The SMILES string of the molecule is CC(=O)NC[C@H]1CN(c2ccc(-c3ccc(CCCCSc4cn[nH]n4)cc3)c(F)c2)C(=O)O1. The Bertz CT molecular complexity index is 1120. The second kappa shape index (κ2) is 11.1. The number of ether oxygens (including phenoxy) is 1. The number of hydrogen-bond donors (Lipinski definition) is 2. The van der Waals surface area contributed by atoms with Crippen LogP contribution in [0.3, 0.4) is 0 Å². The van der Waals surface area contributed by atoms with Gasteiger partial charge in [0.2, 0.25) is 5.91 Å². The number of H-pyrrole nitrogens is 1. The molecule has 1 aliphatic heterocycles. The number of unbranched alkanes of at least 4 members (excludes halogenated alkanes) is 1. The lowest BCUT2D eigenvalue weighted by molar-refractivity contribution is -0.119. The molecule has 0 spiro atoms. The summed E-state index contributed by atoms with van der Waals surface area (Å²) >= 11 is 1.68. The molecular formula is C24H26FN5O3S. The van der Waals surface area contributed by atoms with Gasteiger partial charge in [0.15, 0.2) is 0 Å². The number of carbonyl (C=O) groups is 2. The van der Waals surface area contributed by atoms with Crippen molar-refractivity contribution in [2.24, 2.45) is 0 Å². The van der Waals surface area contributed by atoms with E-state index in [1.807, 2.05) is 24.3 Å². The van der Waals surface area contributed by atoms with Gasteiger partial charge in [0.05, 0.1) is 25.0 Å². The number of cyclic esters (lactones) is 1. The van der Waals surface area contributed by atoms with E-state index in [-0.39, 0.29) is 19.0 Å². The van der Waals surface area contributed by atoms with E-state index in [0.29, 0.717) is 11.3 Å². The number of nitrogens with one attached hydrogen (secondary N) is 2. The molecule has 8 nitrogen and oxygen atoms in total. The van der Waals surface area contributed by atoms with Crippen molar-refractivity contribution in [2.75, 3.05) is 23.7 Å². The Hall–Kier alpha value is -3.40. The lowest BCUT2D eigenvalue weighted by Gasteiger charge is -2.14. The van der Waals surface area contributed by atoms with Crippen LogP contribution in [0.5, 0.6) is 0 Å². The zero-order valence-corrected chi connectivity index (χ0v) is 19.6. The Kier molecular flexibility index (Phi) is 7.79. The molecule has 1 fully saturated rings. The summed E-state index contributed by atoms with van der Waals surface area (Å²) in [4.78, 5) is 24.6. The predicted molar refractivity (Wildman–Crippen MR) is 128 cm³/mol. The fourth-order valence-corrected chi connectivity index (χ4v) is 4.51. The number of aryl methyl sites for hydroxylation is 1. The summed E-state index contributed by atoms with van der Waals surface area (Å²) in [5, 5.41) is 14.0. The summed E-state index contributed by atoms with van der Waals surface area (Å²) in [6.45, 7) is 1.88. The lowest BCUT2D eigenvalue weighted by atomic mass is 10.0. The molecule has 1 aromatic heterocycles. The monoisotopic (exact) mass is 483 g/mol. The topological polar surface area (TPSA) is 100 Å². The summed E-state index contributed by atoms with van der Waals surface area (Å²) in [5.74, 6) is 0.381. The molecule has 178 valence electrons. The molecular weight excluding hydrogens is 457 g/mol. The highest BCUT2D eigenvalue weighted by molar-refractivity contribution is 7.99. The summed E-state index contributed by atoms with van der Waals surface area (Å²) in [7, 11) is 0. The second-order valence-electron chi connectivity index (χ2n) is 8.03. The van der Waals surface area contributed by atoms with E-state index in [1.54, 1.807) is 30.1 Å². The summed E-state index contributed by atoms with van der Waals surface area (Å²) in [6.07, 6.45) is 3.79. The molecule has 1 saturated heterocycles. The van der Waals surface area contributed by atoms with Crippen LogP contribution in [0.25, 0.3) is 11.1 Å². The largest absolute Gasteiger partial charge is 0.442 e. The van der Waals surface area contributed by atoms with Gasteiger partial charge >= 0.3 is 6.09 Å². The Labute approximate surface area is 201 Å². The fourth-order valence-electron chi connectivity index (χ4n) is 3.72. The zero-order valence-electron chi connectivity index (χ0n) is 18.8. The van der Waals surface area contributed by atoms with E-state index in [2.05, 4.69) is 20.7 Å². The number of thioether (sulfide) groups is 1. The van der Waals surface area contributed by atoms with Crippen LogP contribution in [-0.2, 0) is 16.0 Å². The Morgan fingerprint density at radius 1 is 1.26 bits per heavy atom. The first-order valence-corrected chi connectivity index (χ1v) is 12.1. The molecule has 2 amide bonds. The van der Waals surface area contributed by atoms with E-state index < -0.39 is 18.0 Å². The second-order valence-corrected chi connectivity index (χ2v) is 9.14. The summed E-state index contributed by atoms with van der Waals surface area (Å²) in [5.41, 5.74) is 2.89. The minimum Gasteiger partial charge on any atom is -0.442 e. The van der Waals surface area contributed by atoms with Crippen LogP contribution in [-0.4, -0.2) is 52.4 Å². The van der Waals surface area contributed by atoms with Crippen molar-refractivity contribution in [3.63, 3.8) is 0 Å². The zero-order chi connectivity index (χ0) is 23.9. The van der Waals surface area contributed by atoms with Crippen molar-refractivity contribution < 1.29 is 18.7 Å². The van der Waals surface area contributed by atoms with Gasteiger partial charge in [-0.3, -0.25) is 9.69 Å². The van der Waals surface area contributed by atoms with Crippen LogP contribution in [0.15, 0.2) is 53.7 Å². The van der Waals surface area contributed by atoms with E-state index in [9.17, 15) is 14.0 Å². The van der Waals surface area contributed by atoms with Crippen molar-refractivity contribution in [1.29, 1.82) is 0 Å². The fraction of sp³-hybridized carbons (Fsp3) is 0.333. The number of rotatable bonds is 10. The van der Waals surface area contributed by atoms with Gasteiger partial charge in [0.1, 0.15) is 16.9 Å². The number of anilines is 1. The van der Waals surface area contributed by atoms with Crippen LogP contribution in [0.2, 0.25) is 0 Å². The Balaban J connectivity index is 1.31. The minimum absolute atomic E-state index is 0.196. The number of nitrogens with zero attached hydrogens (tertiary/aromatic N) is 3. The molecule has 0 unspecified atom stereocenters. The van der Waals surface area contributed by atoms with E-state index in [1.165, 1.54) is 23.5 Å². The standard InChI is InChI=1S/C24H26FN5O3S/c1-16(31)26-13-20-15-30(24(32)33-20)19-9-10-21(22(25)12-19)18-7-5-17(6-8-18)4-2-3-11-34-23-14-27-29-28-23/h5-10,12,14,20H,2-4,11,13,15H2,1H3,(H,26,31)(H,27,28,29)/t20-/m0/s1. The molecule has 2 N–H and O–H groups in total. The molecule has 4 rings (SSSR count). The number of amides is 2. The third-order valence-corrected chi connectivity index (χ3v) is 6.47. The molecule has 3 aromatic rings. The first kappa shape index (κ1) is 23.7. The molecule has 2 aromatic carbocycles. The van der Waals surface area contributed by atoms with Crippen molar-refractivity contribution in [3.05, 3.63) is 60.0 Å². The van der Waals surface area contributed by atoms with Crippen LogP contribution in [0, 0.1) is 5.82 Å². The van der Waals surface area contributed by atoms with Crippen molar-refractivity contribution in [2.45, 2.75) is 37.3 Å². The number of hydrogen-bond acceptors (Lipinski definition) is 6. The molecule has 0 aliphatic carbocycles. The minimum atomic E-state index is -0.550. The molecule has 1 aliphatic rings. The van der Waals surface area contributed by atoms with E-state index >= 15 is 0 Å². The average molecular weight is 484 g/mol. The van der Waals surface area contributed by atoms with Gasteiger partial charge in [-0.25, -0.2) is 9.18 Å². The third-order valence-electron chi connectivity index (χ3n) is 5.48. The maximum atomic E-state index is 14.9. The Morgan fingerprint density at radius 3 is 2.79 bits per heavy atom. The molecule has 34 heavy (non-hydrogen) atoms.